The number of hydrogen-bond donors (Lipinski definition) is 1. The number of hydrogen-bond acceptors (Lipinski definition) is 3. The Balaban J connectivity index is 2.15. The zero-order chi connectivity index (χ0) is 16.1. The first-order valence-corrected chi connectivity index (χ1v) is 9.69. The van der Waals surface area contributed by atoms with Crippen LogP contribution < -0.4 is 5.73 Å². The minimum absolute atomic E-state index is 0.0617. The van der Waals surface area contributed by atoms with Crippen molar-refractivity contribution in [1.29, 1.82) is 0 Å². The third kappa shape index (κ3) is 3.18. The molecule has 1 heterocycles. The molecule has 2 nitrogen and oxygen atoms in total. The normalized spacial score (nSPS) is 21.2. The van der Waals surface area contributed by atoms with Crippen molar-refractivity contribution in [3.63, 3.8) is 0 Å². The van der Waals surface area contributed by atoms with Gasteiger partial charge in [-0.15, -0.1) is 0 Å². The van der Waals surface area contributed by atoms with Crippen molar-refractivity contribution in [1.82, 2.24) is 4.90 Å². The smallest absolute Gasteiger partial charge is 0.0726 e. The number of nitrogens with zero attached hydrogens (tertiary/aromatic N) is 1. The van der Waals surface area contributed by atoms with E-state index in [-0.39, 0.29) is 5.54 Å². The van der Waals surface area contributed by atoms with Crippen molar-refractivity contribution in [3.8, 4) is 0 Å². The average molecular weight is 327 g/mol. The lowest BCUT2D eigenvalue weighted by Gasteiger charge is -2.50. The molecule has 3 heteroatoms. The molecule has 2 aromatic carbocycles. The summed E-state index contributed by atoms with van der Waals surface area (Å²) in [6.07, 6.45) is 4.62. The molecule has 1 atom stereocenters. The van der Waals surface area contributed by atoms with E-state index in [0.29, 0.717) is 11.8 Å². The third-order valence-corrected chi connectivity index (χ3v) is 6.09. The van der Waals surface area contributed by atoms with E-state index in [2.05, 4.69) is 71.8 Å². The quantitative estimate of drug-likeness (QED) is 0.908. The maximum absolute atomic E-state index is 5.96. The standard InChI is InChI=1S/C20H26N2S/c1-23-19-12-14-22(15-13-21)20(16-19,17-8-4-2-5-9-17)18-10-6-3-7-11-18/h2-11,19H,12-16,21H2,1H3. The first-order chi connectivity index (χ1) is 11.3. The Bertz CT molecular complexity index is 560. The number of thioether (sulfide) groups is 1. The molecule has 122 valence electrons. The summed E-state index contributed by atoms with van der Waals surface area (Å²) >= 11 is 2.00. The summed E-state index contributed by atoms with van der Waals surface area (Å²) in [6, 6.07) is 21.9. The Hall–Kier alpha value is -1.29. The predicted octanol–water partition coefficient (Wildman–Crippen LogP) is 3.72. The summed E-state index contributed by atoms with van der Waals surface area (Å²) in [7, 11) is 0. The van der Waals surface area contributed by atoms with E-state index in [1.165, 1.54) is 17.5 Å². The molecule has 0 bridgehead atoms. The Labute approximate surface area is 144 Å². The summed E-state index contributed by atoms with van der Waals surface area (Å²) in [5.41, 5.74) is 8.67. The SMILES string of the molecule is CSC1CCN(CCN)C(c2ccccc2)(c2ccccc2)C1. The number of rotatable bonds is 5. The molecule has 1 aliphatic heterocycles. The zero-order valence-electron chi connectivity index (χ0n) is 13.8. The molecule has 0 saturated carbocycles. The van der Waals surface area contributed by atoms with Crippen molar-refractivity contribution in [3.05, 3.63) is 71.8 Å². The van der Waals surface area contributed by atoms with Gasteiger partial charge in [0, 0.05) is 24.9 Å². The summed E-state index contributed by atoms with van der Waals surface area (Å²) in [5.74, 6) is 0. The molecule has 2 N–H and O–H groups in total. The molecular weight excluding hydrogens is 300 g/mol. The Morgan fingerprint density at radius 1 is 1.04 bits per heavy atom. The first kappa shape index (κ1) is 16.6. The highest BCUT2D eigenvalue weighted by Crippen LogP contribution is 2.45. The topological polar surface area (TPSA) is 29.3 Å². The zero-order valence-corrected chi connectivity index (χ0v) is 14.6. The molecule has 1 unspecified atom stereocenters. The van der Waals surface area contributed by atoms with E-state index >= 15 is 0 Å². The van der Waals surface area contributed by atoms with Crippen molar-refractivity contribution in [2.45, 2.75) is 23.6 Å². The van der Waals surface area contributed by atoms with E-state index in [1.807, 2.05) is 11.8 Å². The minimum Gasteiger partial charge on any atom is -0.329 e. The second-order valence-corrected chi connectivity index (χ2v) is 7.36. The van der Waals surface area contributed by atoms with Gasteiger partial charge in [-0.3, -0.25) is 4.90 Å². The van der Waals surface area contributed by atoms with Gasteiger partial charge >= 0.3 is 0 Å². The van der Waals surface area contributed by atoms with Gasteiger partial charge in [-0.2, -0.15) is 11.8 Å². The van der Waals surface area contributed by atoms with Crippen molar-refractivity contribution in [2.24, 2.45) is 5.73 Å². The number of piperidine rings is 1. The van der Waals surface area contributed by atoms with Crippen LogP contribution >= 0.6 is 11.8 Å². The summed E-state index contributed by atoms with van der Waals surface area (Å²) in [6.45, 7) is 2.74. The second-order valence-electron chi connectivity index (χ2n) is 6.22. The second kappa shape index (κ2) is 7.52. The van der Waals surface area contributed by atoms with Crippen LogP contribution in [0.25, 0.3) is 0 Å². The van der Waals surface area contributed by atoms with E-state index in [0.717, 1.165) is 19.5 Å². The molecule has 0 aliphatic carbocycles. The fourth-order valence-corrected chi connectivity index (χ4v) is 4.66. The lowest BCUT2D eigenvalue weighted by Crippen LogP contribution is -2.54. The molecule has 2 aromatic rings. The van der Waals surface area contributed by atoms with Gasteiger partial charge in [0.05, 0.1) is 5.54 Å². The number of likely N-dealkylation sites (tertiary alicyclic amines) is 1. The van der Waals surface area contributed by atoms with E-state index in [9.17, 15) is 0 Å². The number of nitrogens with two attached hydrogens (primary N) is 1. The lowest BCUT2D eigenvalue weighted by atomic mass is 9.75. The van der Waals surface area contributed by atoms with Gasteiger partial charge in [0.2, 0.25) is 0 Å². The molecule has 0 radical (unpaired) electrons. The lowest BCUT2D eigenvalue weighted by molar-refractivity contribution is 0.0844. The van der Waals surface area contributed by atoms with Crippen LogP contribution in [0.3, 0.4) is 0 Å². The summed E-state index contributed by atoms with van der Waals surface area (Å²) in [5, 5.41) is 0.685. The monoisotopic (exact) mass is 326 g/mol. The van der Waals surface area contributed by atoms with E-state index in [1.54, 1.807) is 0 Å². The molecule has 0 amide bonds. The van der Waals surface area contributed by atoms with E-state index in [4.69, 9.17) is 5.73 Å². The third-order valence-electron chi connectivity index (χ3n) is 5.02. The van der Waals surface area contributed by atoms with Crippen LogP contribution in [-0.2, 0) is 5.54 Å². The predicted molar refractivity (Wildman–Crippen MR) is 101 cm³/mol. The molecule has 0 spiro atoms. The van der Waals surface area contributed by atoms with Gasteiger partial charge in [-0.25, -0.2) is 0 Å². The van der Waals surface area contributed by atoms with Gasteiger partial charge in [0.25, 0.3) is 0 Å². The van der Waals surface area contributed by atoms with Gasteiger partial charge in [0.1, 0.15) is 0 Å². The highest BCUT2D eigenvalue weighted by molar-refractivity contribution is 7.99. The maximum atomic E-state index is 5.96. The van der Waals surface area contributed by atoms with Crippen LogP contribution in [0.1, 0.15) is 24.0 Å². The average Bonchev–Trinajstić information content (AvgIpc) is 2.64. The maximum Gasteiger partial charge on any atom is 0.0726 e. The van der Waals surface area contributed by atoms with Crippen molar-refractivity contribution >= 4 is 11.8 Å². The van der Waals surface area contributed by atoms with Crippen molar-refractivity contribution in [2.75, 3.05) is 25.9 Å². The Morgan fingerprint density at radius 3 is 2.09 bits per heavy atom. The van der Waals surface area contributed by atoms with Gasteiger partial charge in [0.15, 0.2) is 0 Å². The van der Waals surface area contributed by atoms with Gasteiger partial charge in [-0.1, -0.05) is 60.7 Å². The molecule has 3 rings (SSSR count). The first-order valence-electron chi connectivity index (χ1n) is 8.40. The van der Waals surface area contributed by atoms with Crippen LogP contribution in [0.2, 0.25) is 0 Å². The fourth-order valence-electron chi connectivity index (χ4n) is 3.91. The van der Waals surface area contributed by atoms with Crippen LogP contribution in [0.15, 0.2) is 60.7 Å². The summed E-state index contributed by atoms with van der Waals surface area (Å²) < 4.78 is 0. The van der Waals surface area contributed by atoms with Crippen LogP contribution in [0.4, 0.5) is 0 Å². The fraction of sp³-hybridized carbons (Fsp3) is 0.400. The highest BCUT2D eigenvalue weighted by Gasteiger charge is 2.44. The Kier molecular flexibility index (Phi) is 5.42. The molecule has 0 aromatic heterocycles. The van der Waals surface area contributed by atoms with Crippen LogP contribution in [0, 0.1) is 0 Å². The molecule has 1 saturated heterocycles. The molecule has 23 heavy (non-hydrogen) atoms. The van der Waals surface area contributed by atoms with E-state index < -0.39 is 0 Å². The summed E-state index contributed by atoms with van der Waals surface area (Å²) in [4.78, 5) is 2.60. The van der Waals surface area contributed by atoms with Gasteiger partial charge < -0.3 is 5.73 Å². The van der Waals surface area contributed by atoms with Gasteiger partial charge in [-0.05, 0) is 30.2 Å². The molecule has 1 fully saturated rings. The largest absolute Gasteiger partial charge is 0.329 e. The molecular formula is C20H26N2S. The van der Waals surface area contributed by atoms with Crippen LogP contribution in [-0.4, -0.2) is 36.0 Å². The van der Waals surface area contributed by atoms with Crippen LogP contribution in [0.5, 0.6) is 0 Å². The highest BCUT2D eigenvalue weighted by atomic mass is 32.2. The number of benzene rings is 2. The minimum atomic E-state index is -0.0617. The Morgan fingerprint density at radius 2 is 1.61 bits per heavy atom. The van der Waals surface area contributed by atoms with Crippen molar-refractivity contribution < 1.29 is 0 Å². The molecule has 1 aliphatic rings.